The molecule has 1 heterocycles. The van der Waals surface area contributed by atoms with Crippen LogP contribution in [0.3, 0.4) is 0 Å². The third kappa shape index (κ3) is 5.43. The molecule has 1 aliphatic rings. The van der Waals surface area contributed by atoms with E-state index in [1.165, 1.54) is 0 Å². The predicted octanol–water partition coefficient (Wildman–Crippen LogP) is 3.96. The molecule has 0 aliphatic carbocycles. The van der Waals surface area contributed by atoms with Gasteiger partial charge in [-0.05, 0) is 41.5 Å². The Kier molecular flexibility index (Phi) is 4.47. The Hall–Kier alpha value is -1.19. The van der Waals surface area contributed by atoms with Crippen molar-refractivity contribution in [1.82, 2.24) is 4.90 Å². The molecule has 0 spiro atoms. The minimum absolute atomic E-state index is 0.0409. The highest BCUT2D eigenvalue weighted by Crippen LogP contribution is 2.37. The Morgan fingerprint density at radius 2 is 1.55 bits per heavy atom. The van der Waals surface area contributed by atoms with Crippen molar-refractivity contribution in [2.45, 2.75) is 66.1 Å². The fourth-order valence-corrected chi connectivity index (χ4v) is 2.39. The first-order chi connectivity index (χ1) is 8.80. The Bertz CT molecular complexity index is 382. The van der Waals surface area contributed by atoms with Gasteiger partial charge in [0.25, 0.3) is 0 Å². The molecule has 4 heteroatoms. The molecule has 0 aromatic rings. The molecule has 0 N–H and O–H groups in total. The maximum absolute atomic E-state index is 11.9. The van der Waals surface area contributed by atoms with E-state index in [9.17, 15) is 4.79 Å². The van der Waals surface area contributed by atoms with Gasteiger partial charge < -0.3 is 14.4 Å². The monoisotopic (exact) mass is 283 g/mol. The smallest absolute Gasteiger partial charge is 0.410 e. The van der Waals surface area contributed by atoms with E-state index >= 15 is 0 Å². The number of hydrogen-bond donors (Lipinski definition) is 0. The van der Waals surface area contributed by atoms with Gasteiger partial charge in [-0.15, -0.1) is 0 Å². The summed E-state index contributed by atoms with van der Waals surface area (Å²) in [6.07, 6.45) is 0.529. The zero-order valence-electron chi connectivity index (χ0n) is 14.0. The van der Waals surface area contributed by atoms with Crippen LogP contribution in [0.25, 0.3) is 0 Å². The Morgan fingerprint density at radius 1 is 1.10 bits per heavy atom. The molecule has 0 aromatic carbocycles. The standard InChI is InChI=1S/C16H29NO3/c1-12(19-14(2,3)4)9-16(8)10-17(11-16)13(18)20-15(5,6)7/h1,9-11H2,2-8H3. The van der Waals surface area contributed by atoms with E-state index in [2.05, 4.69) is 13.5 Å². The lowest BCUT2D eigenvalue weighted by atomic mass is 9.78. The van der Waals surface area contributed by atoms with Crippen LogP contribution in [0.5, 0.6) is 0 Å². The molecule has 1 rings (SSSR count). The number of ether oxygens (including phenoxy) is 2. The average Bonchev–Trinajstić information content (AvgIpc) is 2.06. The topological polar surface area (TPSA) is 38.8 Å². The molecule has 1 saturated heterocycles. The summed E-state index contributed by atoms with van der Waals surface area (Å²) in [4.78, 5) is 13.6. The predicted molar refractivity (Wildman–Crippen MR) is 80.5 cm³/mol. The van der Waals surface area contributed by atoms with Gasteiger partial charge >= 0.3 is 6.09 Å². The van der Waals surface area contributed by atoms with Gasteiger partial charge in [-0.2, -0.15) is 0 Å². The summed E-state index contributed by atoms with van der Waals surface area (Å²) in [6, 6.07) is 0. The second-order valence-corrected chi connectivity index (χ2v) is 8.08. The van der Waals surface area contributed by atoms with Crippen LogP contribution in [-0.4, -0.2) is 35.3 Å². The summed E-state index contributed by atoms with van der Waals surface area (Å²) >= 11 is 0. The number of amides is 1. The van der Waals surface area contributed by atoms with Crippen molar-refractivity contribution >= 4 is 6.09 Å². The van der Waals surface area contributed by atoms with Crippen molar-refractivity contribution in [2.24, 2.45) is 5.41 Å². The van der Waals surface area contributed by atoms with Crippen LogP contribution in [0, 0.1) is 5.41 Å². The number of nitrogens with zero attached hydrogens (tertiary/aromatic N) is 1. The highest BCUT2D eigenvalue weighted by molar-refractivity contribution is 5.69. The normalized spacial score (nSPS) is 18.2. The van der Waals surface area contributed by atoms with Gasteiger partial charge in [0.1, 0.15) is 11.2 Å². The van der Waals surface area contributed by atoms with Crippen LogP contribution in [0.15, 0.2) is 12.3 Å². The zero-order chi connectivity index (χ0) is 15.8. The van der Waals surface area contributed by atoms with Gasteiger partial charge in [-0.25, -0.2) is 4.79 Å². The highest BCUT2D eigenvalue weighted by atomic mass is 16.6. The minimum Gasteiger partial charge on any atom is -0.493 e. The van der Waals surface area contributed by atoms with Gasteiger partial charge in [0.2, 0.25) is 0 Å². The van der Waals surface area contributed by atoms with Crippen LogP contribution < -0.4 is 0 Å². The van der Waals surface area contributed by atoms with Crippen LogP contribution in [0.4, 0.5) is 4.79 Å². The SMILES string of the molecule is C=C(CC1(C)CN(C(=O)OC(C)(C)C)C1)OC(C)(C)C. The lowest BCUT2D eigenvalue weighted by Crippen LogP contribution is -2.58. The Balaban J connectivity index is 2.42. The molecule has 4 nitrogen and oxygen atoms in total. The van der Waals surface area contributed by atoms with Crippen molar-refractivity contribution in [3.05, 3.63) is 12.3 Å². The minimum atomic E-state index is -0.442. The molecule has 0 bridgehead atoms. The Morgan fingerprint density at radius 3 is 1.95 bits per heavy atom. The maximum atomic E-state index is 11.9. The Labute approximate surface area is 123 Å². The van der Waals surface area contributed by atoms with Crippen LogP contribution in [0.2, 0.25) is 0 Å². The molecule has 1 amide bonds. The number of carbonyl (C=O) groups is 1. The second-order valence-electron chi connectivity index (χ2n) is 8.08. The molecule has 0 unspecified atom stereocenters. The molecule has 0 radical (unpaired) electrons. The largest absolute Gasteiger partial charge is 0.493 e. The second kappa shape index (κ2) is 5.30. The van der Waals surface area contributed by atoms with Gasteiger partial charge in [-0.3, -0.25) is 0 Å². The first-order valence-electron chi connectivity index (χ1n) is 7.14. The van der Waals surface area contributed by atoms with E-state index in [1.807, 2.05) is 41.5 Å². The van der Waals surface area contributed by atoms with Gasteiger partial charge in [-0.1, -0.05) is 13.5 Å². The molecule has 20 heavy (non-hydrogen) atoms. The van der Waals surface area contributed by atoms with Crippen molar-refractivity contribution in [3.8, 4) is 0 Å². The van der Waals surface area contributed by atoms with E-state index in [-0.39, 0.29) is 17.1 Å². The molecule has 1 aliphatic heterocycles. The number of likely N-dealkylation sites (tertiary alicyclic amines) is 1. The molecular formula is C16H29NO3. The highest BCUT2D eigenvalue weighted by Gasteiger charge is 2.43. The number of rotatable bonds is 3. The van der Waals surface area contributed by atoms with Crippen LogP contribution >= 0.6 is 0 Å². The van der Waals surface area contributed by atoms with Crippen LogP contribution in [0.1, 0.15) is 54.9 Å². The third-order valence-corrected chi connectivity index (χ3v) is 2.87. The van der Waals surface area contributed by atoms with E-state index in [0.717, 1.165) is 12.2 Å². The van der Waals surface area contributed by atoms with Crippen LogP contribution in [-0.2, 0) is 9.47 Å². The lowest BCUT2D eigenvalue weighted by molar-refractivity contribution is -0.0389. The molecule has 116 valence electrons. The van der Waals surface area contributed by atoms with E-state index < -0.39 is 5.60 Å². The molecular weight excluding hydrogens is 254 g/mol. The van der Waals surface area contributed by atoms with E-state index in [4.69, 9.17) is 9.47 Å². The average molecular weight is 283 g/mol. The van der Waals surface area contributed by atoms with Gasteiger partial charge in [0, 0.05) is 24.9 Å². The summed E-state index contributed by atoms with van der Waals surface area (Å²) in [5, 5.41) is 0. The molecule has 0 saturated carbocycles. The number of allylic oxidation sites excluding steroid dienone is 1. The quantitative estimate of drug-likeness (QED) is 0.736. The van der Waals surface area contributed by atoms with E-state index in [0.29, 0.717) is 13.1 Å². The van der Waals surface area contributed by atoms with Crippen molar-refractivity contribution < 1.29 is 14.3 Å². The fourth-order valence-electron chi connectivity index (χ4n) is 2.39. The van der Waals surface area contributed by atoms with Crippen molar-refractivity contribution in [2.75, 3.05) is 13.1 Å². The van der Waals surface area contributed by atoms with Crippen molar-refractivity contribution in [1.29, 1.82) is 0 Å². The van der Waals surface area contributed by atoms with Gasteiger partial charge in [0.15, 0.2) is 0 Å². The molecule has 1 fully saturated rings. The third-order valence-electron chi connectivity index (χ3n) is 2.87. The summed E-state index contributed by atoms with van der Waals surface area (Å²) < 4.78 is 11.1. The van der Waals surface area contributed by atoms with Gasteiger partial charge in [0.05, 0.1) is 5.76 Å². The molecule has 0 aromatic heterocycles. The van der Waals surface area contributed by atoms with Crippen molar-refractivity contribution in [3.63, 3.8) is 0 Å². The lowest BCUT2D eigenvalue weighted by Gasteiger charge is -2.48. The summed E-state index contributed by atoms with van der Waals surface area (Å²) in [5.74, 6) is 0.781. The van der Waals surface area contributed by atoms with E-state index in [1.54, 1.807) is 4.90 Å². The number of hydrogen-bond acceptors (Lipinski definition) is 3. The maximum Gasteiger partial charge on any atom is 0.410 e. The number of carbonyl (C=O) groups excluding carboxylic acids is 1. The summed E-state index contributed by atoms with van der Waals surface area (Å²) in [7, 11) is 0. The zero-order valence-corrected chi connectivity index (χ0v) is 14.0. The first kappa shape index (κ1) is 16.9. The molecule has 0 atom stereocenters. The first-order valence-corrected chi connectivity index (χ1v) is 7.14. The fraction of sp³-hybridized carbons (Fsp3) is 0.812. The summed E-state index contributed by atoms with van der Waals surface area (Å²) in [5.41, 5.74) is -0.622. The summed E-state index contributed by atoms with van der Waals surface area (Å²) in [6.45, 7) is 19.2.